The van der Waals surface area contributed by atoms with Crippen molar-refractivity contribution < 1.29 is 17.9 Å². The molecule has 0 radical (unpaired) electrons. The maximum Gasteiger partial charge on any atom is 0.305 e. The maximum absolute atomic E-state index is 12.5. The van der Waals surface area contributed by atoms with Crippen LogP contribution in [-0.2, 0) is 19.6 Å². The Labute approximate surface area is 176 Å². The number of unbranched alkanes of at least 4 members (excludes halogenated alkanes) is 1. The Bertz CT molecular complexity index is 850. The standard InChI is InChI=1S/C20H25Cl2NO4S/c1-27-20(24)10-5-3-2-4-7-15-8-6-9-16(15)14-23-28(25,26)17-11-12-18(21)19(22)13-17/h2,4,8,11-13,16,23H,3,5-7,9-10,14H2,1H3/b4-2-/t16-/m1/s1. The number of rotatable bonds is 10. The van der Waals surface area contributed by atoms with Crippen molar-refractivity contribution in [3.8, 4) is 0 Å². The number of nitrogens with one attached hydrogen (secondary N) is 1. The molecule has 1 aliphatic carbocycles. The van der Waals surface area contributed by atoms with Crippen molar-refractivity contribution in [1.82, 2.24) is 4.72 Å². The molecule has 0 unspecified atom stereocenters. The second kappa shape index (κ2) is 11.0. The van der Waals surface area contributed by atoms with Crippen molar-refractivity contribution >= 4 is 39.2 Å². The number of halogens is 2. The highest BCUT2D eigenvalue weighted by Crippen LogP contribution is 2.29. The molecule has 8 heteroatoms. The predicted molar refractivity (Wildman–Crippen MR) is 112 cm³/mol. The summed E-state index contributed by atoms with van der Waals surface area (Å²) in [5, 5.41) is 0.531. The third-order valence-corrected chi connectivity index (χ3v) is 6.83. The molecule has 0 bridgehead atoms. The van der Waals surface area contributed by atoms with Gasteiger partial charge in [0, 0.05) is 13.0 Å². The van der Waals surface area contributed by atoms with Gasteiger partial charge in [-0.05, 0) is 56.2 Å². The lowest BCUT2D eigenvalue weighted by molar-refractivity contribution is -0.140. The number of carbonyl (C=O) groups is 1. The fourth-order valence-corrected chi connectivity index (χ4v) is 4.52. The van der Waals surface area contributed by atoms with Crippen molar-refractivity contribution in [2.75, 3.05) is 13.7 Å². The van der Waals surface area contributed by atoms with Crippen molar-refractivity contribution in [3.05, 3.63) is 52.0 Å². The Morgan fingerprint density at radius 1 is 1.29 bits per heavy atom. The quantitative estimate of drug-likeness (QED) is 0.315. The third kappa shape index (κ3) is 6.92. The first-order valence-corrected chi connectivity index (χ1v) is 11.4. The maximum atomic E-state index is 12.5. The number of esters is 1. The van der Waals surface area contributed by atoms with Crippen LogP contribution in [0, 0.1) is 5.92 Å². The molecule has 5 nitrogen and oxygen atoms in total. The normalized spacial score (nSPS) is 17.1. The zero-order chi connectivity index (χ0) is 20.6. The van der Waals surface area contributed by atoms with E-state index in [9.17, 15) is 13.2 Å². The van der Waals surface area contributed by atoms with E-state index in [-0.39, 0.29) is 21.8 Å². The number of allylic oxidation sites excluding steroid dienone is 3. The van der Waals surface area contributed by atoms with Crippen LogP contribution in [0.25, 0.3) is 0 Å². The molecule has 0 amide bonds. The summed E-state index contributed by atoms with van der Waals surface area (Å²) in [5.41, 5.74) is 1.24. The van der Waals surface area contributed by atoms with Gasteiger partial charge in [-0.2, -0.15) is 0 Å². The van der Waals surface area contributed by atoms with E-state index in [4.69, 9.17) is 23.2 Å². The molecule has 1 aromatic rings. The molecule has 154 valence electrons. The average Bonchev–Trinajstić information content (AvgIpc) is 3.12. The summed E-state index contributed by atoms with van der Waals surface area (Å²) >= 11 is 11.8. The molecule has 28 heavy (non-hydrogen) atoms. The Hall–Kier alpha value is -1.34. The first-order valence-electron chi connectivity index (χ1n) is 9.19. The van der Waals surface area contributed by atoms with Gasteiger partial charge in [-0.15, -0.1) is 0 Å². The largest absolute Gasteiger partial charge is 0.469 e. The molecule has 2 rings (SSSR count). The topological polar surface area (TPSA) is 72.5 Å². The molecular formula is C20H25Cl2NO4S. The summed E-state index contributed by atoms with van der Waals surface area (Å²) in [6, 6.07) is 4.28. The van der Waals surface area contributed by atoms with Gasteiger partial charge in [0.25, 0.3) is 0 Å². The average molecular weight is 446 g/mol. The zero-order valence-electron chi connectivity index (χ0n) is 15.8. The van der Waals surface area contributed by atoms with Crippen molar-refractivity contribution in [1.29, 1.82) is 0 Å². The summed E-state index contributed by atoms with van der Waals surface area (Å²) in [6.07, 6.45) is 11.0. The van der Waals surface area contributed by atoms with Crippen LogP contribution < -0.4 is 4.72 Å². The highest BCUT2D eigenvalue weighted by Gasteiger charge is 2.22. The lowest BCUT2D eigenvalue weighted by atomic mass is 9.99. The van der Waals surface area contributed by atoms with E-state index in [1.54, 1.807) is 0 Å². The van der Waals surface area contributed by atoms with Crippen molar-refractivity contribution in [2.45, 2.75) is 43.4 Å². The first kappa shape index (κ1) is 22.9. The molecule has 1 N–H and O–H groups in total. The van der Waals surface area contributed by atoms with Gasteiger partial charge < -0.3 is 4.74 Å². The number of hydrogen-bond acceptors (Lipinski definition) is 4. The zero-order valence-corrected chi connectivity index (χ0v) is 18.1. The summed E-state index contributed by atoms with van der Waals surface area (Å²) in [7, 11) is -2.25. The van der Waals surface area contributed by atoms with Gasteiger partial charge in [0.2, 0.25) is 10.0 Å². The predicted octanol–water partition coefficient (Wildman–Crippen LogP) is 4.90. The Morgan fingerprint density at radius 3 is 2.79 bits per heavy atom. The second-order valence-corrected chi connectivity index (χ2v) is 9.21. The molecule has 0 saturated carbocycles. The fourth-order valence-electron chi connectivity index (χ4n) is 3.05. The highest BCUT2D eigenvalue weighted by molar-refractivity contribution is 7.89. The van der Waals surface area contributed by atoms with Crippen LogP contribution >= 0.6 is 23.2 Å². The molecular weight excluding hydrogens is 421 g/mol. The van der Waals surface area contributed by atoms with Crippen LogP contribution in [0.1, 0.15) is 38.5 Å². The van der Waals surface area contributed by atoms with Crippen LogP contribution in [0.5, 0.6) is 0 Å². The summed E-state index contributed by atoms with van der Waals surface area (Å²) in [6.45, 7) is 0.352. The lowest BCUT2D eigenvalue weighted by Gasteiger charge is -2.15. The van der Waals surface area contributed by atoms with E-state index in [0.29, 0.717) is 18.0 Å². The van der Waals surface area contributed by atoms with Crippen LogP contribution in [0.3, 0.4) is 0 Å². The van der Waals surface area contributed by atoms with Gasteiger partial charge in [-0.25, -0.2) is 13.1 Å². The minimum Gasteiger partial charge on any atom is -0.469 e. The van der Waals surface area contributed by atoms with Gasteiger partial charge in [-0.1, -0.05) is 47.0 Å². The van der Waals surface area contributed by atoms with Gasteiger partial charge in [0.1, 0.15) is 0 Å². The number of hydrogen-bond donors (Lipinski definition) is 1. The Morgan fingerprint density at radius 2 is 2.07 bits per heavy atom. The van der Waals surface area contributed by atoms with Crippen molar-refractivity contribution in [3.63, 3.8) is 0 Å². The molecule has 0 spiro atoms. The molecule has 1 atom stereocenters. The van der Waals surface area contributed by atoms with E-state index >= 15 is 0 Å². The number of benzene rings is 1. The minimum absolute atomic E-state index is 0.107. The van der Waals surface area contributed by atoms with Crippen LogP contribution in [0.4, 0.5) is 0 Å². The minimum atomic E-state index is -3.64. The van der Waals surface area contributed by atoms with E-state index in [0.717, 1.165) is 32.1 Å². The smallest absolute Gasteiger partial charge is 0.305 e. The fraction of sp³-hybridized carbons (Fsp3) is 0.450. The van der Waals surface area contributed by atoms with Crippen LogP contribution in [0.15, 0.2) is 46.9 Å². The van der Waals surface area contributed by atoms with Gasteiger partial charge in [-0.3, -0.25) is 4.79 Å². The van der Waals surface area contributed by atoms with E-state index in [1.165, 1.54) is 30.9 Å². The monoisotopic (exact) mass is 445 g/mol. The lowest BCUT2D eigenvalue weighted by Crippen LogP contribution is -2.29. The SMILES string of the molecule is COC(=O)CCC/C=C\CC1=CCC[C@@H]1CNS(=O)(=O)c1ccc(Cl)c(Cl)c1. The van der Waals surface area contributed by atoms with Crippen LogP contribution in [-0.4, -0.2) is 28.0 Å². The van der Waals surface area contributed by atoms with Gasteiger partial charge >= 0.3 is 5.97 Å². The summed E-state index contributed by atoms with van der Waals surface area (Å²) in [5.74, 6) is -0.0153. The molecule has 0 aromatic heterocycles. The molecule has 1 aliphatic rings. The summed E-state index contributed by atoms with van der Waals surface area (Å²) < 4.78 is 32.3. The molecule has 0 aliphatic heterocycles. The number of carbonyl (C=O) groups excluding carboxylic acids is 1. The molecule has 0 fully saturated rings. The molecule has 0 heterocycles. The molecule has 0 saturated heterocycles. The highest BCUT2D eigenvalue weighted by atomic mass is 35.5. The number of sulfonamides is 1. The van der Waals surface area contributed by atoms with E-state index in [1.807, 2.05) is 0 Å². The first-order chi connectivity index (χ1) is 13.3. The van der Waals surface area contributed by atoms with E-state index in [2.05, 4.69) is 27.7 Å². The third-order valence-electron chi connectivity index (χ3n) is 4.67. The Balaban J connectivity index is 1.82. The molecule has 1 aromatic carbocycles. The second-order valence-electron chi connectivity index (χ2n) is 6.63. The van der Waals surface area contributed by atoms with Gasteiger partial charge in [0.05, 0.1) is 22.1 Å². The van der Waals surface area contributed by atoms with E-state index < -0.39 is 10.0 Å². The summed E-state index contributed by atoms with van der Waals surface area (Å²) in [4.78, 5) is 11.2. The Kier molecular flexibility index (Phi) is 9.02. The van der Waals surface area contributed by atoms with Gasteiger partial charge in [0.15, 0.2) is 0 Å². The van der Waals surface area contributed by atoms with Crippen molar-refractivity contribution in [2.24, 2.45) is 5.92 Å². The number of ether oxygens (including phenoxy) is 1. The van der Waals surface area contributed by atoms with Crippen LogP contribution in [0.2, 0.25) is 10.0 Å². The number of methoxy groups -OCH3 is 1.